The van der Waals surface area contributed by atoms with Gasteiger partial charge in [-0.2, -0.15) is 4.39 Å². The lowest BCUT2D eigenvalue weighted by molar-refractivity contribution is 0.584. The van der Waals surface area contributed by atoms with Gasteiger partial charge in [-0.1, -0.05) is 6.07 Å². The number of rotatable bonds is 0. The molecule has 0 aromatic carbocycles. The molecule has 0 saturated carbocycles. The first-order valence-electron chi connectivity index (χ1n) is 2.34. The lowest BCUT2D eigenvalue weighted by Crippen LogP contribution is -1.73. The zero-order valence-corrected chi connectivity index (χ0v) is 5.77. The van der Waals surface area contributed by atoms with Crippen molar-refractivity contribution in [2.75, 3.05) is 6.38 Å². The largest absolute Gasteiger partial charge is 0.228 e. The van der Waals surface area contributed by atoms with E-state index in [1.54, 1.807) is 12.1 Å². The molecule has 1 aromatic heterocycles. The maximum atomic E-state index is 11.8. The van der Waals surface area contributed by atoms with Crippen molar-refractivity contribution < 1.29 is 4.39 Å². The summed E-state index contributed by atoms with van der Waals surface area (Å²) in [6.45, 7) is 0. The molecule has 0 bridgehead atoms. The first kappa shape index (κ1) is 8.37. The smallest absolute Gasteiger partial charge is 0.212 e. The molecule has 50 valence electrons. The van der Waals surface area contributed by atoms with Crippen LogP contribution in [0, 0.1) is 5.95 Å². The molecule has 1 nitrogen and oxygen atoms in total. The summed E-state index contributed by atoms with van der Waals surface area (Å²) in [7, 11) is 0. The first-order chi connectivity index (χ1) is 4.39. The van der Waals surface area contributed by atoms with Crippen LogP contribution < -0.4 is 0 Å². The molecule has 0 N–H and O–H groups in total. The summed E-state index contributed by atoms with van der Waals surface area (Å²) < 4.78 is 11.8. The highest BCUT2D eigenvalue weighted by Gasteiger charge is 1.78. The Labute approximate surface area is 58.5 Å². The normalized spacial score (nSPS) is 7.44. The summed E-state index contributed by atoms with van der Waals surface area (Å²) in [5.41, 5.74) is 0. The number of alkyl halides is 1. The number of halogens is 2. The van der Waals surface area contributed by atoms with Crippen LogP contribution in [-0.4, -0.2) is 11.4 Å². The summed E-state index contributed by atoms with van der Waals surface area (Å²) in [5.74, 6) is -0.428. The minimum atomic E-state index is -0.428. The van der Waals surface area contributed by atoms with Crippen LogP contribution in [0.1, 0.15) is 0 Å². The first-order valence-corrected chi connectivity index (χ1v) is 3.09. The Morgan fingerprint density at radius 3 is 2.33 bits per heavy atom. The highest BCUT2D eigenvalue weighted by Crippen LogP contribution is 1.85. The lowest BCUT2D eigenvalue weighted by atomic mass is 10.5. The van der Waals surface area contributed by atoms with E-state index in [-0.39, 0.29) is 0 Å². The average molecular weight is 148 g/mol. The van der Waals surface area contributed by atoms with E-state index in [2.05, 4.69) is 16.6 Å². The Balaban J connectivity index is 0.000000291. The minimum Gasteiger partial charge on any atom is -0.228 e. The van der Waals surface area contributed by atoms with E-state index in [4.69, 9.17) is 0 Å². The summed E-state index contributed by atoms with van der Waals surface area (Å²) in [6, 6.07) is 4.57. The van der Waals surface area contributed by atoms with Gasteiger partial charge in [-0.05, 0) is 12.1 Å². The molecule has 9 heavy (non-hydrogen) atoms. The van der Waals surface area contributed by atoms with Crippen molar-refractivity contribution in [3.05, 3.63) is 30.3 Å². The number of aromatic nitrogens is 1. The summed E-state index contributed by atoms with van der Waals surface area (Å²) in [6.07, 6.45) is 2.88. The number of hydrogen-bond donors (Lipinski definition) is 0. The fraction of sp³-hybridized carbons (Fsp3) is 0.167. The Hall–Kier alpha value is -0.630. The van der Waals surface area contributed by atoms with Crippen molar-refractivity contribution in [2.24, 2.45) is 0 Å². The Morgan fingerprint density at radius 2 is 2.11 bits per heavy atom. The number of nitrogens with zero attached hydrogens (tertiary/aromatic N) is 1. The van der Waals surface area contributed by atoms with Gasteiger partial charge in [0.1, 0.15) is 0 Å². The van der Waals surface area contributed by atoms with Gasteiger partial charge in [0.15, 0.2) is 0 Å². The summed E-state index contributed by atoms with van der Waals surface area (Å²) >= 11 is 4.64. The summed E-state index contributed by atoms with van der Waals surface area (Å²) in [5, 5.41) is 0. The van der Waals surface area contributed by atoms with Crippen molar-refractivity contribution in [1.29, 1.82) is 0 Å². The molecular formula is C6H7ClFN. The van der Waals surface area contributed by atoms with Gasteiger partial charge >= 0.3 is 0 Å². The molecule has 0 aliphatic heterocycles. The predicted octanol–water partition coefficient (Wildman–Crippen LogP) is 2.08. The van der Waals surface area contributed by atoms with Gasteiger partial charge in [-0.3, -0.25) is 0 Å². The molecule has 3 heteroatoms. The monoisotopic (exact) mass is 147 g/mol. The van der Waals surface area contributed by atoms with E-state index in [0.717, 1.165) is 0 Å². The van der Waals surface area contributed by atoms with Gasteiger partial charge in [-0.25, -0.2) is 4.98 Å². The van der Waals surface area contributed by atoms with Gasteiger partial charge in [0.05, 0.1) is 0 Å². The molecule has 0 aliphatic carbocycles. The minimum absolute atomic E-state index is 0.428. The standard InChI is InChI=1S/C5H4FN.CH3Cl/c6-5-3-1-2-4-7-5;1-2/h1-4H;1H3. The second-order valence-electron chi connectivity index (χ2n) is 1.15. The quantitative estimate of drug-likeness (QED) is 0.405. The van der Waals surface area contributed by atoms with E-state index in [0.29, 0.717) is 0 Å². The molecule has 0 unspecified atom stereocenters. The zero-order chi connectivity index (χ0) is 7.11. The molecule has 0 spiro atoms. The van der Waals surface area contributed by atoms with Crippen LogP contribution in [-0.2, 0) is 0 Å². The van der Waals surface area contributed by atoms with Gasteiger partial charge in [0.2, 0.25) is 5.95 Å². The third-order valence-electron chi connectivity index (χ3n) is 0.629. The highest BCUT2D eigenvalue weighted by atomic mass is 35.5. The SMILES string of the molecule is CCl.Fc1ccccn1. The molecule has 0 radical (unpaired) electrons. The van der Waals surface area contributed by atoms with Crippen molar-refractivity contribution in [1.82, 2.24) is 4.98 Å². The maximum absolute atomic E-state index is 11.8. The third kappa shape index (κ3) is 3.91. The van der Waals surface area contributed by atoms with Crippen molar-refractivity contribution >= 4 is 11.6 Å². The van der Waals surface area contributed by atoms with E-state index in [9.17, 15) is 4.39 Å². The van der Waals surface area contributed by atoms with Gasteiger partial charge in [0.25, 0.3) is 0 Å². The second kappa shape index (κ2) is 5.51. The van der Waals surface area contributed by atoms with Crippen LogP contribution in [0.15, 0.2) is 24.4 Å². The molecule has 1 aromatic rings. The highest BCUT2D eigenvalue weighted by molar-refractivity contribution is 6.15. The molecule has 0 atom stereocenters. The number of pyridine rings is 1. The Bertz CT molecular complexity index is 143. The Kier molecular flexibility index (Phi) is 5.12. The third-order valence-corrected chi connectivity index (χ3v) is 0.629. The van der Waals surface area contributed by atoms with E-state index in [1.165, 1.54) is 18.6 Å². The maximum Gasteiger partial charge on any atom is 0.212 e. The summed E-state index contributed by atoms with van der Waals surface area (Å²) in [4.78, 5) is 3.31. The van der Waals surface area contributed by atoms with Crippen molar-refractivity contribution in [2.45, 2.75) is 0 Å². The second-order valence-corrected chi connectivity index (χ2v) is 1.15. The van der Waals surface area contributed by atoms with Gasteiger partial charge in [0, 0.05) is 12.6 Å². The van der Waals surface area contributed by atoms with E-state index >= 15 is 0 Å². The van der Waals surface area contributed by atoms with Crippen LogP contribution in [0.5, 0.6) is 0 Å². The van der Waals surface area contributed by atoms with Crippen LogP contribution in [0.4, 0.5) is 4.39 Å². The van der Waals surface area contributed by atoms with Crippen molar-refractivity contribution in [3.8, 4) is 0 Å². The topological polar surface area (TPSA) is 12.9 Å². The zero-order valence-electron chi connectivity index (χ0n) is 5.01. The van der Waals surface area contributed by atoms with E-state index in [1.807, 2.05) is 0 Å². The molecule has 0 fully saturated rings. The fourth-order valence-corrected chi connectivity index (χ4v) is 0.342. The van der Waals surface area contributed by atoms with Crippen molar-refractivity contribution in [3.63, 3.8) is 0 Å². The molecule has 0 aliphatic rings. The lowest BCUT2D eigenvalue weighted by Gasteiger charge is -1.78. The molecule has 0 amide bonds. The van der Waals surface area contributed by atoms with Crippen LogP contribution in [0.3, 0.4) is 0 Å². The van der Waals surface area contributed by atoms with Crippen LogP contribution >= 0.6 is 11.6 Å². The van der Waals surface area contributed by atoms with Gasteiger partial charge in [-0.15, -0.1) is 11.6 Å². The fourth-order valence-electron chi connectivity index (χ4n) is 0.342. The van der Waals surface area contributed by atoms with E-state index < -0.39 is 5.95 Å². The van der Waals surface area contributed by atoms with Crippen LogP contribution in [0.2, 0.25) is 0 Å². The molecular weight excluding hydrogens is 141 g/mol. The molecule has 1 rings (SSSR count). The molecule has 1 heterocycles. The Morgan fingerprint density at radius 1 is 1.44 bits per heavy atom. The number of hydrogen-bond acceptors (Lipinski definition) is 1. The predicted molar refractivity (Wildman–Crippen MR) is 36.0 cm³/mol. The average Bonchev–Trinajstić information content (AvgIpc) is 1.94. The molecule has 0 saturated heterocycles. The van der Waals surface area contributed by atoms with Gasteiger partial charge < -0.3 is 0 Å². The van der Waals surface area contributed by atoms with Crippen LogP contribution in [0.25, 0.3) is 0 Å².